The van der Waals surface area contributed by atoms with Crippen molar-refractivity contribution >= 4 is 11.7 Å². The lowest BCUT2D eigenvalue weighted by atomic mass is 10.0. The van der Waals surface area contributed by atoms with Crippen LogP contribution in [0.5, 0.6) is 11.5 Å². The van der Waals surface area contributed by atoms with Crippen LogP contribution in [-0.4, -0.2) is 41.6 Å². The zero-order chi connectivity index (χ0) is 15.7. The lowest BCUT2D eigenvalue weighted by molar-refractivity contribution is -0.131. The minimum atomic E-state index is -0.756. The fourth-order valence-corrected chi connectivity index (χ4v) is 2.88. The van der Waals surface area contributed by atoms with Crippen LogP contribution in [0.25, 0.3) is 0 Å². The number of aliphatic hydroxyl groups excluding tert-OH is 1. The van der Waals surface area contributed by atoms with E-state index in [9.17, 15) is 14.7 Å². The van der Waals surface area contributed by atoms with E-state index >= 15 is 0 Å². The van der Waals surface area contributed by atoms with Crippen molar-refractivity contribution in [2.24, 2.45) is 0 Å². The molecule has 6 heteroatoms. The van der Waals surface area contributed by atoms with Crippen LogP contribution in [0.1, 0.15) is 37.0 Å². The third kappa shape index (κ3) is 2.92. The van der Waals surface area contributed by atoms with Crippen LogP contribution >= 0.6 is 0 Å². The van der Waals surface area contributed by atoms with E-state index in [1.54, 1.807) is 17.0 Å². The average Bonchev–Trinajstić information content (AvgIpc) is 2.87. The molecular weight excluding hydrogens is 286 g/mol. The number of hydrogen-bond donors (Lipinski definition) is 1. The monoisotopic (exact) mass is 305 g/mol. The first kappa shape index (κ1) is 14.8. The maximum absolute atomic E-state index is 12.4. The number of aliphatic hydroxyl groups is 1. The molecule has 0 aliphatic carbocycles. The second-order valence-corrected chi connectivity index (χ2v) is 5.74. The third-order valence-corrected chi connectivity index (χ3v) is 4.04. The van der Waals surface area contributed by atoms with Gasteiger partial charge in [0.25, 0.3) is 0 Å². The Labute approximate surface area is 128 Å². The minimum Gasteiger partial charge on any atom is -0.454 e. The smallest absolute Gasteiger partial charge is 0.231 e. The summed E-state index contributed by atoms with van der Waals surface area (Å²) in [5, 5.41) is 10.4. The lowest BCUT2D eigenvalue weighted by Gasteiger charge is -2.22. The standard InChI is InChI=1S/C16H19NO5/c1-10(18)3-2-4-17-8-13(19)12-7-15-14(21-9-22-15)5-11(12)6-16(17)20/h5,7,13,19H,2-4,6,8-9H2,1H3/t13-/m0/s1. The molecular formula is C16H19NO5. The molecule has 1 atom stereocenters. The Hall–Kier alpha value is -2.08. The van der Waals surface area contributed by atoms with E-state index in [-0.39, 0.29) is 31.4 Å². The van der Waals surface area contributed by atoms with Crippen LogP contribution in [0, 0.1) is 0 Å². The number of hydrogen-bond acceptors (Lipinski definition) is 5. The normalized spacial score (nSPS) is 19.8. The van der Waals surface area contributed by atoms with Crippen molar-refractivity contribution in [1.82, 2.24) is 4.90 Å². The van der Waals surface area contributed by atoms with Gasteiger partial charge in [0.1, 0.15) is 5.78 Å². The summed E-state index contributed by atoms with van der Waals surface area (Å²) in [5.74, 6) is 1.29. The molecule has 2 aliphatic rings. The summed E-state index contributed by atoms with van der Waals surface area (Å²) in [7, 11) is 0. The number of ketones is 1. The van der Waals surface area contributed by atoms with Crippen molar-refractivity contribution in [3.8, 4) is 11.5 Å². The fraction of sp³-hybridized carbons (Fsp3) is 0.500. The largest absolute Gasteiger partial charge is 0.454 e. The number of carbonyl (C=O) groups is 2. The molecule has 0 spiro atoms. The van der Waals surface area contributed by atoms with Crippen LogP contribution in [0.4, 0.5) is 0 Å². The maximum atomic E-state index is 12.4. The molecule has 2 aliphatic heterocycles. The van der Waals surface area contributed by atoms with Crippen molar-refractivity contribution in [2.75, 3.05) is 19.9 Å². The molecule has 3 rings (SSSR count). The van der Waals surface area contributed by atoms with Gasteiger partial charge in [-0.3, -0.25) is 4.79 Å². The van der Waals surface area contributed by atoms with Gasteiger partial charge in [-0.25, -0.2) is 0 Å². The van der Waals surface area contributed by atoms with E-state index in [4.69, 9.17) is 9.47 Å². The summed E-state index contributed by atoms with van der Waals surface area (Å²) in [6.07, 6.45) is 0.534. The zero-order valence-electron chi connectivity index (χ0n) is 12.5. The predicted molar refractivity (Wildman–Crippen MR) is 77.7 cm³/mol. The molecule has 1 amide bonds. The first-order valence-electron chi connectivity index (χ1n) is 7.42. The zero-order valence-corrected chi connectivity index (χ0v) is 12.5. The minimum absolute atomic E-state index is 0.0415. The Balaban J connectivity index is 1.78. The van der Waals surface area contributed by atoms with Gasteiger partial charge in [0.05, 0.1) is 19.1 Å². The average molecular weight is 305 g/mol. The molecule has 118 valence electrons. The molecule has 0 bridgehead atoms. The Bertz CT molecular complexity index is 613. The maximum Gasteiger partial charge on any atom is 0.231 e. The first-order chi connectivity index (χ1) is 10.5. The number of rotatable bonds is 4. The number of β-amino-alcohol motifs (C(OH)–C–C–N with tert-alkyl or cyclic N) is 1. The van der Waals surface area contributed by atoms with Gasteiger partial charge >= 0.3 is 0 Å². The number of fused-ring (bicyclic) bond motifs is 2. The van der Waals surface area contributed by atoms with Gasteiger partial charge in [-0.05, 0) is 36.6 Å². The van der Waals surface area contributed by atoms with Crippen molar-refractivity contribution in [3.63, 3.8) is 0 Å². The fourth-order valence-electron chi connectivity index (χ4n) is 2.88. The molecule has 0 saturated carbocycles. The van der Waals surface area contributed by atoms with Crippen molar-refractivity contribution in [1.29, 1.82) is 0 Å². The van der Waals surface area contributed by atoms with Crippen molar-refractivity contribution in [2.45, 2.75) is 32.3 Å². The highest BCUT2D eigenvalue weighted by Gasteiger charge is 2.29. The molecule has 0 saturated heterocycles. The summed E-state index contributed by atoms with van der Waals surface area (Å²) in [5.41, 5.74) is 1.49. The molecule has 0 fully saturated rings. The van der Waals surface area contributed by atoms with Gasteiger partial charge in [-0.15, -0.1) is 0 Å². The molecule has 0 radical (unpaired) electrons. The molecule has 1 aromatic rings. The number of ether oxygens (including phenoxy) is 2. The molecule has 1 N–H and O–H groups in total. The summed E-state index contributed by atoms with van der Waals surface area (Å²) < 4.78 is 10.7. The van der Waals surface area contributed by atoms with Gasteiger partial charge in [-0.2, -0.15) is 0 Å². The second kappa shape index (κ2) is 5.96. The topological polar surface area (TPSA) is 76.1 Å². The quantitative estimate of drug-likeness (QED) is 0.904. The second-order valence-electron chi connectivity index (χ2n) is 5.74. The Morgan fingerprint density at radius 3 is 2.82 bits per heavy atom. The van der Waals surface area contributed by atoms with E-state index < -0.39 is 6.10 Å². The molecule has 22 heavy (non-hydrogen) atoms. The lowest BCUT2D eigenvalue weighted by Crippen LogP contribution is -2.34. The van der Waals surface area contributed by atoms with E-state index in [1.165, 1.54) is 6.92 Å². The SMILES string of the molecule is CC(=O)CCCN1C[C@H](O)c2cc3c(cc2CC1=O)OCO3. The van der Waals surface area contributed by atoms with Crippen LogP contribution in [0.15, 0.2) is 12.1 Å². The molecule has 0 aromatic heterocycles. The van der Waals surface area contributed by atoms with Crippen LogP contribution < -0.4 is 9.47 Å². The van der Waals surface area contributed by atoms with Gasteiger partial charge in [0.2, 0.25) is 12.7 Å². The van der Waals surface area contributed by atoms with E-state index in [0.717, 1.165) is 5.56 Å². The summed E-state index contributed by atoms with van der Waals surface area (Å²) in [6, 6.07) is 3.53. The van der Waals surface area contributed by atoms with E-state index in [2.05, 4.69) is 0 Å². The Kier molecular flexibility index (Phi) is 4.02. The third-order valence-electron chi connectivity index (χ3n) is 4.04. The predicted octanol–water partition coefficient (Wildman–Crippen LogP) is 1.20. The van der Waals surface area contributed by atoms with Crippen LogP contribution in [-0.2, 0) is 16.0 Å². The number of amides is 1. The van der Waals surface area contributed by atoms with Crippen LogP contribution in [0.2, 0.25) is 0 Å². The summed E-state index contributed by atoms with van der Waals surface area (Å²) in [6.45, 7) is 2.43. The van der Waals surface area contributed by atoms with Gasteiger partial charge in [0, 0.05) is 13.0 Å². The van der Waals surface area contributed by atoms with Crippen molar-refractivity contribution < 1.29 is 24.2 Å². The number of Topliss-reactive ketones (excluding diaryl/α,β-unsaturated/α-hetero) is 1. The Morgan fingerprint density at radius 2 is 2.09 bits per heavy atom. The highest BCUT2D eigenvalue weighted by Crippen LogP contribution is 2.38. The highest BCUT2D eigenvalue weighted by atomic mass is 16.7. The number of nitrogens with zero attached hydrogens (tertiary/aromatic N) is 1. The van der Waals surface area contributed by atoms with Gasteiger partial charge in [0.15, 0.2) is 11.5 Å². The highest BCUT2D eigenvalue weighted by molar-refractivity contribution is 5.80. The van der Waals surface area contributed by atoms with E-state index in [0.29, 0.717) is 36.4 Å². The van der Waals surface area contributed by atoms with Crippen molar-refractivity contribution in [3.05, 3.63) is 23.3 Å². The summed E-state index contributed by atoms with van der Waals surface area (Å²) in [4.78, 5) is 25.0. The van der Waals surface area contributed by atoms with Crippen LogP contribution in [0.3, 0.4) is 0 Å². The van der Waals surface area contributed by atoms with E-state index in [1.807, 2.05) is 0 Å². The molecule has 2 heterocycles. The van der Waals surface area contributed by atoms with Gasteiger partial charge in [-0.1, -0.05) is 0 Å². The molecule has 1 aromatic carbocycles. The summed E-state index contributed by atoms with van der Waals surface area (Å²) >= 11 is 0. The van der Waals surface area contributed by atoms with Gasteiger partial charge < -0.3 is 24.3 Å². The first-order valence-corrected chi connectivity index (χ1v) is 7.42. The number of carbonyl (C=O) groups excluding carboxylic acids is 2. The Morgan fingerprint density at radius 1 is 1.36 bits per heavy atom. The number of benzene rings is 1. The molecule has 6 nitrogen and oxygen atoms in total. The molecule has 0 unspecified atom stereocenters.